The number of hydrogen-bond acceptors (Lipinski definition) is 1. The van der Waals surface area contributed by atoms with Gasteiger partial charge in [0.15, 0.2) is 0 Å². The molecule has 2 unspecified atom stereocenters. The first kappa shape index (κ1) is 22.3. The van der Waals surface area contributed by atoms with Crippen molar-refractivity contribution in [2.75, 3.05) is 0 Å². The van der Waals surface area contributed by atoms with E-state index < -0.39 is 23.7 Å². The van der Waals surface area contributed by atoms with Crippen molar-refractivity contribution in [2.45, 2.75) is 52.1 Å². The summed E-state index contributed by atoms with van der Waals surface area (Å²) in [5, 5.41) is 0. The van der Waals surface area contributed by atoms with E-state index in [1.54, 1.807) is 12.1 Å². The molecule has 1 fully saturated rings. The summed E-state index contributed by atoms with van der Waals surface area (Å²) in [7, 11) is 0. The number of aliphatic imine (C=N–C) groups is 1. The SMILES string of the molecule is C=CC1CCC(CC=N/C(=C\C)c2ccc(C3=CC(F)C(C)C(F)=C3)c(F)c2)CC1. The van der Waals surface area contributed by atoms with E-state index in [0.717, 1.165) is 6.42 Å². The first-order chi connectivity index (χ1) is 14.4. The van der Waals surface area contributed by atoms with Crippen LogP contribution in [0.2, 0.25) is 0 Å². The van der Waals surface area contributed by atoms with Crippen molar-refractivity contribution in [3.63, 3.8) is 0 Å². The molecule has 1 aromatic rings. The van der Waals surface area contributed by atoms with E-state index in [-0.39, 0.29) is 11.1 Å². The Hall–Kier alpha value is -2.36. The Labute approximate surface area is 177 Å². The monoisotopic (exact) mass is 413 g/mol. The molecule has 1 aromatic carbocycles. The molecular weight excluding hydrogens is 383 g/mol. The number of nitrogens with zero attached hydrogens (tertiary/aromatic N) is 1. The third-order valence-corrected chi connectivity index (χ3v) is 6.29. The van der Waals surface area contributed by atoms with Gasteiger partial charge in [-0.1, -0.05) is 31.2 Å². The van der Waals surface area contributed by atoms with Crippen LogP contribution in [0, 0.1) is 23.6 Å². The molecule has 0 heterocycles. The van der Waals surface area contributed by atoms with Gasteiger partial charge in [0.1, 0.15) is 17.8 Å². The smallest absolute Gasteiger partial charge is 0.131 e. The van der Waals surface area contributed by atoms with E-state index in [1.807, 2.05) is 19.2 Å². The molecule has 30 heavy (non-hydrogen) atoms. The second-order valence-electron chi connectivity index (χ2n) is 8.32. The lowest BCUT2D eigenvalue weighted by Gasteiger charge is -2.25. The quantitative estimate of drug-likeness (QED) is 0.332. The molecule has 160 valence electrons. The maximum absolute atomic E-state index is 14.8. The molecule has 2 atom stereocenters. The van der Waals surface area contributed by atoms with Crippen molar-refractivity contribution in [2.24, 2.45) is 22.7 Å². The van der Waals surface area contributed by atoms with Crippen molar-refractivity contribution >= 4 is 17.5 Å². The lowest BCUT2D eigenvalue weighted by Crippen LogP contribution is -2.15. The maximum atomic E-state index is 14.8. The van der Waals surface area contributed by atoms with E-state index in [2.05, 4.69) is 17.6 Å². The number of halogens is 3. The highest BCUT2D eigenvalue weighted by molar-refractivity contribution is 5.79. The standard InChI is InChI=1S/C26H30F3N/c1-4-18-6-8-19(9-7-18)12-13-30-26(5-2)20-10-11-22(25(29)14-20)21-15-23(27)17(3)24(28)16-21/h4-5,10-11,13-19,23H,1,6-9,12H2,2-3H3/b26-5-,30-13?. The Morgan fingerprint density at radius 3 is 2.53 bits per heavy atom. The van der Waals surface area contributed by atoms with Gasteiger partial charge in [0, 0.05) is 23.3 Å². The van der Waals surface area contributed by atoms with Crippen LogP contribution in [0.4, 0.5) is 13.2 Å². The Balaban J connectivity index is 1.69. The summed E-state index contributed by atoms with van der Waals surface area (Å²) in [4.78, 5) is 4.57. The molecule has 0 aliphatic heterocycles. The molecule has 0 aromatic heterocycles. The molecule has 0 radical (unpaired) electrons. The molecule has 0 bridgehead atoms. The number of hydrogen-bond donors (Lipinski definition) is 0. The number of benzene rings is 1. The van der Waals surface area contributed by atoms with Crippen molar-refractivity contribution in [3.8, 4) is 0 Å². The third-order valence-electron chi connectivity index (χ3n) is 6.29. The fourth-order valence-corrected chi connectivity index (χ4v) is 4.15. The van der Waals surface area contributed by atoms with Gasteiger partial charge in [-0.05, 0) is 74.7 Å². The van der Waals surface area contributed by atoms with Gasteiger partial charge >= 0.3 is 0 Å². The van der Waals surface area contributed by atoms with Gasteiger partial charge in [0.2, 0.25) is 0 Å². The molecule has 3 rings (SSSR count). The summed E-state index contributed by atoms with van der Waals surface area (Å²) in [5.74, 6) is -0.625. The van der Waals surface area contributed by atoms with E-state index >= 15 is 0 Å². The van der Waals surface area contributed by atoms with Gasteiger partial charge in [-0.15, -0.1) is 6.58 Å². The van der Waals surface area contributed by atoms with E-state index in [1.165, 1.54) is 50.8 Å². The zero-order valence-electron chi connectivity index (χ0n) is 17.8. The molecule has 4 heteroatoms. The average Bonchev–Trinajstić information content (AvgIpc) is 2.75. The minimum atomic E-state index is -1.46. The van der Waals surface area contributed by atoms with Crippen molar-refractivity contribution in [3.05, 3.63) is 71.9 Å². The Morgan fingerprint density at radius 1 is 1.20 bits per heavy atom. The van der Waals surface area contributed by atoms with Gasteiger partial charge < -0.3 is 0 Å². The van der Waals surface area contributed by atoms with Crippen LogP contribution in [0.5, 0.6) is 0 Å². The molecule has 1 saturated carbocycles. The van der Waals surface area contributed by atoms with Gasteiger partial charge in [-0.25, -0.2) is 13.2 Å². The highest BCUT2D eigenvalue weighted by Crippen LogP contribution is 2.34. The van der Waals surface area contributed by atoms with Crippen LogP contribution in [0.1, 0.15) is 57.1 Å². The molecule has 0 N–H and O–H groups in total. The van der Waals surface area contributed by atoms with Crippen molar-refractivity contribution in [1.82, 2.24) is 0 Å². The summed E-state index contributed by atoms with van der Waals surface area (Å²) in [6.45, 7) is 7.23. The predicted molar refractivity (Wildman–Crippen MR) is 120 cm³/mol. The number of rotatable bonds is 6. The zero-order chi connectivity index (χ0) is 21.7. The molecule has 0 spiro atoms. The van der Waals surface area contributed by atoms with Crippen LogP contribution >= 0.6 is 0 Å². The minimum absolute atomic E-state index is 0.196. The van der Waals surface area contributed by atoms with Gasteiger partial charge in [0.05, 0.1) is 5.70 Å². The second-order valence-corrected chi connectivity index (χ2v) is 8.32. The molecule has 1 nitrogen and oxygen atoms in total. The highest BCUT2D eigenvalue weighted by atomic mass is 19.1. The van der Waals surface area contributed by atoms with E-state index in [9.17, 15) is 13.2 Å². The van der Waals surface area contributed by atoms with Crippen LogP contribution in [-0.4, -0.2) is 12.4 Å². The van der Waals surface area contributed by atoms with Gasteiger partial charge in [-0.2, -0.15) is 0 Å². The predicted octanol–water partition coefficient (Wildman–Crippen LogP) is 7.86. The first-order valence-corrected chi connectivity index (χ1v) is 10.8. The second kappa shape index (κ2) is 10.1. The molecule has 0 amide bonds. The zero-order valence-corrected chi connectivity index (χ0v) is 17.8. The summed E-state index contributed by atoms with van der Waals surface area (Å²) < 4.78 is 42.7. The van der Waals surface area contributed by atoms with Crippen LogP contribution in [-0.2, 0) is 0 Å². The van der Waals surface area contributed by atoms with Crippen molar-refractivity contribution < 1.29 is 13.2 Å². The normalized spacial score (nSPS) is 27.7. The Kier molecular flexibility index (Phi) is 7.52. The Bertz CT molecular complexity index is 886. The fraction of sp³-hybridized carbons (Fsp3) is 0.423. The third kappa shape index (κ3) is 5.21. The molecule has 0 saturated heterocycles. The van der Waals surface area contributed by atoms with Crippen LogP contribution in [0.25, 0.3) is 11.3 Å². The molecule has 2 aliphatic rings. The average molecular weight is 414 g/mol. The maximum Gasteiger partial charge on any atom is 0.131 e. The molecular formula is C26H30F3N. The minimum Gasteiger partial charge on any atom is -0.261 e. The lowest BCUT2D eigenvalue weighted by molar-refractivity contribution is 0.292. The van der Waals surface area contributed by atoms with Crippen molar-refractivity contribution in [1.29, 1.82) is 0 Å². The number of allylic oxidation sites excluding steroid dienone is 6. The van der Waals surface area contributed by atoms with E-state index in [0.29, 0.717) is 23.1 Å². The summed E-state index contributed by atoms with van der Waals surface area (Å²) >= 11 is 0. The lowest BCUT2D eigenvalue weighted by atomic mass is 9.81. The van der Waals surface area contributed by atoms with Crippen LogP contribution in [0.3, 0.4) is 0 Å². The Morgan fingerprint density at radius 2 is 1.93 bits per heavy atom. The first-order valence-electron chi connectivity index (χ1n) is 10.8. The fourth-order valence-electron chi connectivity index (χ4n) is 4.15. The van der Waals surface area contributed by atoms with E-state index in [4.69, 9.17) is 0 Å². The number of alkyl halides is 1. The summed E-state index contributed by atoms with van der Waals surface area (Å²) in [5.41, 5.74) is 1.78. The van der Waals surface area contributed by atoms with Gasteiger partial charge in [-0.3, -0.25) is 4.99 Å². The largest absolute Gasteiger partial charge is 0.261 e. The van der Waals surface area contributed by atoms with Crippen LogP contribution < -0.4 is 0 Å². The van der Waals surface area contributed by atoms with Crippen LogP contribution in [0.15, 0.2) is 59.9 Å². The topological polar surface area (TPSA) is 12.4 Å². The van der Waals surface area contributed by atoms with Gasteiger partial charge in [0.25, 0.3) is 0 Å². The summed E-state index contributed by atoms with van der Waals surface area (Å²) in [6, 6.07) is 4.70. The highest BCUT2D eigenvalue weighted by Gasteiger charge is 2.25. The summed E-state index contributed by atoms with van der Waals surface area (Å²) in [6.07, 6.45) is 12.5. The molecule has 2 aliphatic carbocycles.